The fourth-order valence-electron chi connectivity index (χ4n) is 1.85. The molecule has 98 valence electrons. The van der Waals surface area contributed by atoms with Gasteiger partial charge in [-0.3, -0.25) is 0 Å². The Kier molecular flexibility index (Phi) is 4.25. The predicted octanol–water partition coefficient (Wildman–Crippen LogP) is 4.05. The number of fused-ring (bicyclic) bond motifs is 1. The second-order valence-electron chi connectivity index (χ2n) is 5.03. The van der Waals surface area contributed by atoms with Crippen LogP contribution in [0.4, 0.5) is 0 Å². The highest BCUT2D eigenvalue weighted by atomic mass is 35.5. The number of nitrogens with one attached hydrogen (secondary N) is 2. The van der Waals surface area contributed by atoms with Crippen molar-refractivity contribution in [3.63, 3.8) is 0 Å². The largest absolute Gasteiger partial charge is 0.356 e. The monoisotopic (exact) mass is 282 g/mol. The summed E-state index contributed by atoms with van der Waals surface area (Å²) in [6.45, 7) is 6.20. The molecule has 2 aromatic rings. The number of aromatic nitrogens is 1. The van der Waals surface area contributed by atoms with E-state index in [0.717, 1.165) is 34.7 Å². The van der Waals surface area contributed by atoms with Gasteiger partial charge in [0.1, 0.15) is 0 Å². The van der Waals surface area contributed by atoms with Crippen molar-refractivity contribution in [3.05, 3.63) is 35.0 Å². The van der Waals surface area contributed by atoms with E-state index in [1.807, 2.05) is 30.0 Å². The lowest BCUT2D eigenvalue weighted by molar-refractivity contribution is 0.587. The first-order valence-corrected chi connectivity index (χ1v) is 7.65. The molecular formula is C14H19ClN2S. The van der Waals surface area contributed by atoms with Crippen LogP contribution in [0.15, 0.2) is 24.3 Å². The third-order valence-corrected chi connectivity index (χ3v) is 4.80. The van der Waals surface area contributed by atoms with Gasteiger partial charge in [0.25, 0.3) is 0 Å². The van der Waals surface area contributed by atoms with Crippen molar-refractivity contribution in [1.82, 2.24) is 10.3 Å². The molecule has 18 heavy (non-hydrogen) atoms. The Bertz CT molecular complexity index is 534. The minimum atomic E-state index is 0.249. The van der Waals surface area contributed by atoms with Crippen LogP contribution in [-0.4, -0.2) is 22.5 Å². The number of aromatic amines is 1. The summed E-state index contributed by atoms with van der Waals surface area (Å²) in [5.41, 5.74) is 2.16. The summed E-state index contributed by atoms with van der Waals surface area (Å²) in [7, 11) is 0. The number of benzene rings is 1. The zero-order chi connectivity index (χ0) is 13.2. The first-order valence-electron chi connectivity index (χ1n) is 6.04. The molecule has 2 nitrogen and oxygen atoms in total. The molecule has 0 aliphatic carbocycles. The topological polar surface area (TPSA) is 27.8 Å². The minimum Gasteiger partial charge on any atom is -0.356 e. The van der Waals surface area contributed by atoms with E-state index < -0.39 is 0 Å². The van der Waals surface area contributed by atoms with Gasteiger partial charge in [-0.15, -0.1) is 0 Å². The molecule has 0 spiro atoms. The van der Waals surface area contributed by atoms with Crippen molar-refractivity contribution in [3.8, 4) is 0 Å². The summed E-state index contributed by atoms with van der Waals surface area (Å²) < 4.78 is 0.249. The number of thioether (sulfide) groups is 1. The second-order valence-corrected chi connectivity index (χ2v) is 6.92. The standard InChI is InChI=1S/C14H19ClN2S/c1-14(2,18-3)9-16-8-12-13(15)10-6-4-5-7-11(10)17-12/h4-7,16-17H,8-9H2,1-3H3. The number of hydrogen-bond donors (Lipinski definition) is 2. The molecule has 2 N–H and O–H groups in total. The van der Waals surface area contributed by atoms with Crippen molar-refractivity contribution in [2.24, 2.45) is 0 Å². The third-order valence-electron chi connectivity index (χ3n) is 3.12. The smallest absolute Gasteiger partial charge is 0.0705 e. The summed E-state index contributed by atoms with van der Waals surface area (Å²) >= 11 is 8.23. The van der Waals surface area contributed by atoms with Gasteiger partial charge in [0, 0.05) is 34.4 Å². The van der Waals surface area contributed by atoms with Gasteiger partial charge in [-0.25, -0.2) is 0 Å². The van der Waals surface area contributed by atoms with E-state index in [0.29, 0.717) is 0 Å². The summed E-state index contributed by atoms with van der Waals surface area (Å²) in [6, 6.07) is 8.12. The van der Waals surface area contributed by atoms with Crippen molar-refractivity contribution >= 4 is 34.3 Å². The molecule has 0 radical (unpaired) electrons. The fraction of sp³-hybridized carbons (Fsp3) is 0.429. The molecule has 0 saturated heterocycles. The summed E-state index contributed by atoms with van der Waals surface area (Å²) in [5, 5.41) is 5.39. The maximum atomic E-state index is 6.36. The van der Waals surface area contributed by atoms with E-state index in [1.165, 1.54) is 0 Å². The summed E-state index contributed by atoms with van der Waals surface area (Å²) in [5.74, 6) is 0. The lowest BCUT2D eigenvalue weighted by atomic mass is 10.2. The normalized spacial score (nSPS) is 12.2. The van der Waals surface area contributed by atoms with E-state index in [9.17, 15) is 0 Å². The molecule has 0 atom stereocenters. The maximum absolute atomic E-state index is 6.36. The van der Waals surface area contributed by atoms with Gasteiger partial charge >= 0.3 is 0 Å². The Hall–Kier alpha value is -0.640. The molecule has 0 amide bonds. The lowest BCUT2D eigenvalue weighted by Crippen LogP contribution is -2.31. The third kappa shape index (κ3) is 3.02. The van der Waals surface area contributed by atoms with E-state index in [4.69, 9.17) is 11.6 Å². The highest BCUT2D eigenvalue weighted by Crippen LogP contribution is 2.27. The average Bonchev–Trinajstić information content (AvgIpc) is 2.67. The molecule has 0 aliphatic rings. The van der Waals surface area contributed by atoms with Crippen molar-refractivity contribution in [2.45, 2.75) is 25.1 Å². The first kappa shape index (κ1) is 13.8. The molecule has 0 saturated carbocycles. The lowest BCUT2D eigenvalue weighted by Gasteiger charge is -2.22. The van der Waals surface area contributed by atoms with Crippen LogP contribution in [0.25, 0.3) is 10.9 Å². The second kappa shape index (κ2) is 5.55. The number of para-hydroxylation sites is 1. The van der Waals surface area contributed by atoms with Crippen LogP contribution in [0.2, 0.25) is 5.02 Å². The van der Waals surface area contributed by atoms with Gasteiger partial charge in [0.15, 0.2) is 0 Å². The molecule has 0 bridgehead atoms. The zero-order valence-corrected chi connectivity index (χ0v) is 12.6. The van der Waals surface area contributed by atoms with Crippen LogP contribution in [0.3, 0.4) is 0 Å². The highest BCUT2D eigenvalue weighted by Gasteiger charge is 2.15. The van der Waals surface area contributed by atoms with Crippen LogP contribution in [0.1, 0.15) is 19.5 Å². The molecule has 4 heteroatoms. The van der Waals surface area contributed by atoms with Gasteiger partial charge in [-0.2, -0.15) is 11.8 Å². The molecule has 0 aliphatic heterocycles. The van der Waals surface area contributed by atoms with Crippen LogP contribution in [-0.2, 0) is 6.54 Å². The Morgan fingerprint density at radius 2 is 2.06 bits per heavy atom. The summed E-state index contributed by atoms with van der Waals surface area (Å²) in [4.78, 5) is 3.37. The van der Waals surface area contributed by atoms with E-state index in [1.54, 1.807) is 0 Å². The molecule has 1 heterocycles. The quantitative estimate of drug-likeness (QED) is 0.866. The highest BCUT2D eigenvalue weighted by molar-refractivity contribution is 7.99. The number of rotatable bonds is 5. The molecule has 0 unspecified atom stereocenters. The maximum Gasteiger partial charge on any atom is 0.0705 e. The van der Waals surface area contributed by atoms with Crippen LogP contribution in [0.5, 0.6) is 0 Å². The Morgan fingerprint density at radius 3 is 2.72 bits per heavy atom. The van der Waals surface area contributed by atoms with E-state index >= 15 is 0 Å². The average molecular weight is 283 g/mol. The zero-order valence-electron chi connectivity index (χ0n) is 11.0. The van der Waals surface area contributed by atoms with Crippen molar-refractivity contribution in [2.75, 3.05) is 12.8 Å². The molecular weight excluding hydrogens is 264 g/mol. The SMILES string of the molecule is CSC(C)(C)CNCc1[nH]c2ccccc2c1Cl. The fourth-order valence-corrected chi connectivity index (χ4v) is 2.37. The van der Waals surface area contributed by atoms with E-state index in [-0.39, 0.29) is 4.75 Å². The Balaban J connectivity index is 2.06. The summed E-state index contributed by atoms with van der Waals surface area (Å²) in [6.07, 6.45) is 2.14. The predicted molar refractivity (Wildman–Crippen MR) is 82.6 cm³/mol. The van der Waals surface area contributed by atoms with Gasteiger partial charge in [-0.05, 0) is 26.2 Å². The van der Waals surface area contributed by atoms with E-state index in [2.05, 4.69) is 36.5 Å². The Morgan fingerprint density at radius 1 is 1.33 bits per heavy atom. The number of H-pyrrole nitrogens is 1. The van der Waals surface area contributed by atoms with Gasteiger partial charge in [-0.1, -0.05) is 29.8 Å². The number of halogens is 1. The van der Waals surface area contributed by atoms with Gasteiger partial charge < -0.3 is 10.3 Å². The van der Waals surface area contributed by atoms with Crippen LogP contribution >= 0.6 is 23.4 Å². The van der Waals surface area contributed by atoms with Gasteiger partial charge in [0.05, 0.1) is 5.02 Å². The molecule has 0 fully saturated rings. The van der Waals surface area contributed by atoms with Crippen molar-refractivity contribution in [1.29, 1.82) is 0 Å². The van der Waals surface area contributed by atoms with Crippen LogP contribution in [0, 0.1) is 0 Å². The minimum absolute atomic E-state index is 0.249. The molecule has 1 aromatic heterocycles. The van der Waals surface area contributed by atoms with Crippen LogP contribution < -0.4 is 5.32 Å². The molecule has 1 aromatic carbocycles. The van der Waals surface area contributed by atoms with Crippen molar-refractivity contribution < 1.29 is 0 Å². The first-order chi connectivity index (χ1) is 8.53. The number of hydrogen-bond acceptors (Lipinski definition) is 2. The Labute approximate surface area is 117 Å². The molecule has 2 rings (SSSR count). The van der Waals surface area contributed by atoms with Gasteiger partial charge in [0.2, 0.25) is 0 Å².